The molecule has 0 spiro atoms. The number of nitrogens with zero attached hydrogens (tertiary/aromatic N) is 1. The third-order valence-electron chi connectivity index (χ3n) is 3.49. The van der Waals surface area contributed by atoms with Crippen molar-refractivity contribution in [3.05, 3.63) is 35.9 Å². The fourth-order valence-electron chi connectivity index (χ4n) is 2.34. The summed E-state index contributed by atoms with van der Waals surface area (Å²) in [4.78, 5) is 2.34. The number of benzene rings is 1. The van der Waals surface area contributed by atoms with Gasteiger partial charge >= 0.3 is 0 Å². The lowest BCUT2D eigenvalue weighted by Gasteiger charge is -2.31. The zero-order valence-electron chi connectivity index (χ0n) is 11.8. The Morgan fingerprint density at radius 3 is 2.50 bits per heavy atom. The Balaban J connectivity index is 2.44. The van der Waals surface area contributed by atoms with Crippen molar-refractivity contribution in [1.82, 2.24) is 4.90 Å². The van der Waals surface area contributed by atoms with Gasteiger partial charge in [0.05, 0.1) is 6.61 Å². The molecule has 0 aromatic heterocycles. The van der Waals surface area contributed by atoms with Gasteiger partial charge < -0.3 is 15.4 Å². The molecule has 1 rings (SSSR count). The Morgan fingerprint density at radius 2 is 1.94 bits per heavy atom. The predicted molar refractivity (Wildman–Crippen MR) is 76.7 cm³/mol. The second kappa shape index (κ2) is 8.25. The third-order valence-corrected chi connectivity index (χ3v) is 3.49. The molecule has 0 saturated carbocycles. The molecule has 2 atom stereocenters. The lowest BCUT2D eigenvalue weighted by Crippen LogP contribution is -2.44. The number of nitrogens with two attached hydrogens (primary N) is 1. The van der Waals surface area contributed by atoms with Gasteiger partial charge in [-0.2, -0.15) is 0 Å². The SMILES string of the molecule is COCC(C)C(CN)N(C)CCc1ccccc1. The van der Waals surface area contributed by atoms with E-state index in [-0.39, 0.29) is 0 Å². The Bertz CT molecular complexity index is 316. The number of likely N-dealkylation sites (N-methyl/N-ethyl adjacent to an activating group) is 1. The Hall–Kier alpha value is -0.900. The monoisotopic (exact) mass is 250 g/mol. The topological polar surface area (TPSA) is 38.5 Å². The Kier molecular flexibility index (Phi) is 6.94. The van der Waals surface area contributed by atoms with Gasteiger partial charge in [0.1, 0.15) is 0 Å². The van der Waals surface area contributed by atoms with Crippen molar-refractivity contribution in [2.75, 3.05) is 33.9 Å². The fraction of sp³-hybridized carbons (Fsp3) is 0.600. The van der Waals surface area contributed by atoms with Crippen molar-refractivity contribution in [1.29, 1.82) is 0 Å². The largest absolute Gasteiger partial charge is 0.384 e. The van der Waals surface area contributed by atoms with Crippen LogP contribution in [-0.4, -0.2) is 44.8 Å². The zero-order valence-corrected chi connectivity index (χ0v) is 11.8. The highest BCUT2D eigenvalue weighted by molar-refractivity contribution is 5.14. The fourth-order valence-corrected chi connectivity index (χ4v) is 2.34. The highest BCUT2D eigenvalue weighted by Gasteiger charge is 2.19. The van der Waals surface area contributed by atoms with Gasteiger partial charge in [-0.05, 0) is 24.9 Å². The molecular formula is C15H26N2O. The number of hydrogen-bond donors (Lipinski definition) is 1. The van der Waals surface area contributed by atoms with Crippen molar-refractivity contribution in [3.8, 4) is 0 Å². The van der Waals surface area contributed by atoms with E-state index in [1.807, 2.05) is 0 Å². The van der Waals surface area contributed by atoms with Gasteiger partial charge in [-0.25, -0.2) is 0 Å². The van der Waals surface area contributed by atoms with Crippen LogP contribution in [0.3, 0.4) is 0 Å². The number of ether oxygens (including phenoxy) is 1. The molecule has 0 amide bonds. The quantitative estimate of drug-likeness (QED) is 0.764. The molecule has 0 aliphatic heterocycles. The zero-order chi connectivity index (χ0) is 13.4. The Labute approximate surface area is 111 Å². The van der Waals surface area contributed by atoms with E-state index in [9.17, 15) is 0 Å². The summed E-state index contributed by atoms with van der Waals surface area (Å²) in [5, 5.41) is 0. The van der Waals surface area contributed by atoms with E-state index >= 15 is 0 Å². The molecule has 0 saturated heterocycles. The molecule has 18 heavy (non-hydrogen) atoms. The van der Waals surface area contributed by atoms with Crippen molar-refractivity contribution in [3.63, 3.8) is 0 Å². The van der Waals surface area contributed by atoms with Crippen LogP contribution in [0.2, 0.25) is 0 Å². The molecule has 1 aromatic rings. The van der Waals surface area contributed by atoms with Crippen LogP contribution in [-0.2, 0) is 11.2 Å². The molecule has 0 bridgehead atoms. The van der Waals surface area contributed by atoms with Gasteiger partial charge in [-0.15, -0.1) is 0 Å². The summed E-state index contributed by atoms with van der Waals surface area (Å²) in [6.07, 6.45) is 1.06. The standard InChI is InChI=1S/C15H26N2O/c1-13(12-18-3)15(11-16)17(2)10-9-14-7-5-4-6-8-14/h4-8,13,15H,9-12,16H2,1-3H3. The van der Waals surface area contributed by atoms with Crippen LogP contribution in [0, 0.1) is 5.92 Å². The van der Waals surface area contributed by atoms with E-state index < -0.39 is 0 Å². The van der Waals surface area contributed by atoms with Crippen LogP contribution in [0.1, 0.15) is 12.5 Å². The molecule has 102 valence electrons. The lowest BCUT2D eigenvalue weighted by atomic mass is 10.0. The van der Waals surface area contributed by atoms with Gasteiger partial charge in [0.2, 0.25) is 0 Å². The maximum absolute atomic E-state index is 5.88. The third kappa shape index (κ3) is 4.77. The molecule has 3 nitrogen and oxygen atoms in total. The van der Waals surface area contributed by atoms with Gasteiger partial charge in [0.15, 0.2) is 0 Å². The summed E-state index contributed by atoms with van der Waals surface area (Å²) in [7, 11) is 3.89. The maximum atomic E-state index is 5.88. The number of hydrogen-bond acceptors (Lipinski definition) is 3. The van der Waals surface area contributed by atoms with Gasteiger partial charge in [-0.1, -0.05) is 37.3 Å². The summed E-state index contributed by atoms with van der Waals surface area (Å²) >= 11 is 0. The van der Waals surface area contributed by atoms with Gasteiger partial charge in [-0.3, -0.25) is 0 Å². The second-order valence-corrected chi connectivity index (χ2v) is 4.95. The molecule has 2 unspecified atom stereocenters. The minimum absolute atomic E-state index is 0.383. The molecule has 0 aliphatic rings. The van der Waals surface area contributed by atoms with E-state index in [1.165, 1.54) is 5.56 Å². The molecule has 0 radical (unpaired) electrons. The van der Waals surface area contributed by atoms with Crippen LogP contribution in [0.25, 0.3) is 0 Å². The minimum atomic E-state index is 0.383. The molecular weight excluding hydrogens is 224 g/mol. The van der Waals surface area contributed by atoms with E-state index in [2.05, 4.69) is 49.2 Å². The lowest BCUT2D eigenvalue weighted by molar-refractivity contribution is 0.0990. The molecule has 1 aromatic carbocycles. The highest BCUT2D eigenvalue weighted by Crippen LogP contribution is 2.10. The summed E-state index contributed by atoms with van der Waals surface area (Å²) in [5.74, 6) is 0.459. The first kappa shape index (κ1) is 15.2. The second-order valence-electron chi connectivity index (χ2n) is 4.95. The summed E-state index contributed by atoms with van der Waals surface area (Å²) in [5.41, 5.74) is 7.25. The van der Waals surface area contributed by atoms with Crippen LogP contribution < -0.4 is 5.73 Å². The van der Waals surface area contributed by atoms with Gasteiger partial charge in [0.25, 0.3) is 0 Å². The van der Waals surface area contributed by atoms with E-state index in [4.69, 9.17) is 10.5 Å². The average molecular weight is 250 g/mol. The molecule has 0 heterocycles. The summed E-state index contributed by atoms with van der Waals surface area (Å²) in [6.45, 7) is 4.66. The summed E-state index contributed by atoms with van der Waals surface area (Å²) in [6, 6.07) is 10.9. The van der Waals surface area contributed by atoms with Crippen LogP contribution in [0.15, 0.2) is 30.3 Å². The minimum Gasteiger partial charge on any atom is -0.384 e. The highest BCUT2D eigenvalue weighted by atomic mass is 16.5. The first-order chi connectivity index (χ1) is 8.69. The average Bonchev–Trinajstić information content (AvgIpc) is 2.39. The van der Waals surface area contributed by atoms with Gasteiger partial charge in [0, 0.05) is 26.2 Å². The van der Waals surface area contributed by atoms with Crippen molar-refractivity contribution < 1.29 is 4.74 Å². The first-order valence-corrected chi connectivity index (χ1v) is 6.62. The van der Waals surface area contributed by atoms with Crippen molar-refractivity contribution in [2.24, 2.45) is 11.7 Å². The normalized spacial score (nSPS) is 14.7. The number of rotatable bonds is 8. The Morgan fingerprint density at radius 1 is 1.28 bits per heavy atom. The molecule has 2 N–H and O–H groups in total. The molecule has 0 fully saturated rings. The van der Waals surface area contributed by atoms with Crippen molar-refractivity contribution in [2.45, 2.75) is 19.4 Å². The van der Waals surface area contributed by atoms with Crippen LogP contribution >= 0.6 is 0 Å². The van der Waals surface area contributed by atoms with E-state index in [0.717, 1.165) is 19.6 Å². The van der Waals surface area contributed by atoms with Crippen LogP contribution in [0.5, 0.6) is 0 Å². The maximum Gasteiger partial charge on any atom is 0.0503 e. The van der Waals surface area contributed by atoms with Crippen molar-refractivity contribution >= 4 is 0 Å². The molecule has 3 heteroatoms. The summed E-state index contributed by atoms with van der Waals surface area (Å²) < 4.78 is 5.22. The molecule has 0 aliphatic carbocycles. The van der Waals surface area contributed by atoms with E-state index in [1.54, 1.807) is 7.11 Å². The van der Waals surface area contributed by atoms with Crippen LogP contribution in [0.4, 0.5) is 0 Å². The predicted octanol–water partition coefficient (Wildman–Crippen LogP) is 1.77. The first-order valence-electron chi connectivity index (χ1n) is 6.62. The number of methoxy groups -OCH3 is 1. The van der Waals surface area contributed by atoms with E-state index in [0.29, 0.717) is 18.5 Å². The smallest absolute Gasteiger partial charge is 0.0503 e.